The molecule has 5 heterocycles. The number of methoxy groups -OCH3 is 2. The van der Waals surface area contributed by atoms with Crippen LogP contribution in [0.2, 0.25) is 0 Å². The predicted octanol–water partition coefficient (Wildman–Crippen LogP) is 3.27. The Labute approximate surface area is 302 Å². The number of nitrogens with one attached hydrogen (secondary N) is 3. The van der Waals surface area contributed by atoms with Crippen molar-refractivity contribution < 1.29 is 37.7 Å². The van der Waals surface area contributed by atoms with E-state index in [9.17, 15) is 19.2 Å². The topological polar surface area (TPSA) is 158 Å². The van der Waals surface area contributed by atoms with Gasteiger partial charge < -0.3 is 44.2 Å². The highest BCUT2D eigenvalue weighted by Gasteiger charge is 2.36. The van der Waals surface area contributed by atoms with Gasteiger partial charge in [0, 0.05) is 50.0 Å². The van der Waals surface area contributed by atoms with Gasteiger partial charge in [0.25, 0.3) is 11.8 Å². The van der Waals surface area contributed by atoms with Crippen molar-refractivity contribution in [2.24, 2.45) is 0 Å². The number of benzene rings is 2. The van der Waals surface area contributed by atoms with Crippen molar-refractivity contribution in [3.05, 3.63) is 80.9 Å². The molecule has 13 nitrogen and oxygen atoms in total. The minimum atomic E-state index is -0.653. The van der Waals surface area contributed by atoms with Gasteiger partial charge in [-0.2, -0.15) is 0 Å². The molecule has 0 spiro atoms. The molecule has 2 aromatic carbocycles. The Morgan fingerprint density at radius 2 is 1.71 bits per heavy atom. The first-order chi connectivity index (χ1) is 24.2. The van der Waals surface area contributed by atoms with Crippen molar-refractivity contribution in [3.63, 3.8) is 0 Å². The van der Waals surface area contributed by atoms with Gasteiger partial charge >= 0.3 is 5.63 Å². The molecule has 0 aliphatic carbocycles. The van der Waals surface area contributed by atoms with Crippen LogP contribution >= 0.6 is 12.4 Å². The third-order valence-electron chi connectivity index (χ3n) is 9.56. The maximum absolute atomic E-state index is 13.9. The van der Waals surface area contributed by atoms with Gasteiger partial charge in [-0.05, 0) is 80.7 Å². The van der Waals surface area contributed by atoms with E-state index < -0.39 is 29.6 Å². The summed E-state index contributed by atoms with van der Waals surface area (Å²) in [6.07, 6.45) is 2.26. The van der Waals surface area contributed by atoms with E-state index in [0.29, 0.717) is 47.2 Å². The third-order valence-corrected chi connectivity index (χ3v) is 9.56. The minimum absolute atomic E-state index is 0. The number of aryl methyl sites for hydroxylation is 2. The molecule has 51 heavy (non-hydrogen) atoms. The summed E-state index contributed by atoms with van der Waals surface area (Å²) in [5.41, 5.74) is 1.52. The summed E-state index contributed by atoms with van der Waals surface area (Å²) in [4.78, 5) is 54.8. The second kappa shape index (κ2) is 17.0. The van der Waals surface area contributed by atoms with Crippen LogP contribution in [-0.4, -0.2) is 81.8 Å². The fraction of sp³-hybridized carbons (Fsp3) is 0.459. The second-order valence-electron chi connectivity index (χ2n) is 12.9. The number of piperidine rings is 2. The number of hydrogen-bond donors (Lipinski definition) is 3. The standard InChI is InChI=1S/C37H44N4O9.ClH/c1-22-16-31(24-10-13-38-14-11-24)50-37(45)35(22)36(44)41-15-12-28-27(20-41)40-34(43)21-48-32-17-23(4-8-29(32)46-2)5-9-33(42)39-19-25-6-7-26(49-28)18-30(25)47-3;/h4,6-8,16-18,24,27-28,38H,5,9-15,19-21H2,1-3H3,(H,39,42)(H,40,43);1H/t27-,28+;/m1./s1. The maximum atomic E-state index is 13.9. The second-order valence-corrected chi connectivity index (χ2v) is 12.9. The Bertz CT molecular complexity index is 1790. The summed E-state index contributed by atoms with van der Waals surface area (Å²) in [5.74, 6) is 1.57. The highest BCUT2D eigenvalue weighted by atomic mass is 35.5. The maximum Gasteiger partial charge on any atom is 0.349 e. The number of amides is 3. The van der Waals surface area contributed by atoms with Crippen molar-refractivity contribution in [2.45, 2.75) is 63.6 Å². The predicted molar refractivity (Wildman–Crippen MR) is 190 cm³/mol. The van der Waals surface area contributed by atoms with Crippen LogP contribution in [0.15, 0.2) is 51.7 Å². The molecule has 3 aromatic rings. The summed E-state index contributed by atoms with van der Waals surface area (Å²) in [6.45, 7) is 3.76. The highest BCUT2D eigenvalue weighted by molar-refractivity contribution is 5.95. The van der Waals surface area contributed by atoms with Crippen molar-refractivity contribution in [1.29, 1.82) is 0 Å². The molecule has 3 N–H and O–H groups in total. The normalized spacial score (nSPS) is 20.1. The molecule has 4 bridgehead atoms. The number of carbonyl (C=O) groups excluding carboxylic acids is 3. The van der Waals surface area contributed by atoms with E-state index in [1.807, 2.05) is 18.2 Å². The number of carbonyl (C=O) groups is 3. The molecule has 7 rings (SSSR count). The van der Waals surface area contributed by atoms with Crippen LogP contribution in [0, 0.1) is 6.92 Å². The molecule has 4 aliphatic heterocycles. The van der Waals surface area contributed by atoms with Gasteiger partial charge in [-0.25, -0.2) is 4.79 Å². The molecule has 2 atom stereocenters. The SMILES string of the molecule is COc1cc2ccc1CNC(=O)CCc1ccc(OC)c(c1)OCC(=O)N[C@@H]1CN(C(=O)c3c(C)cc(C4CCNCC4)oc3=O)CC[C@@H]1O2.Cl. The number of ether oxygens (including phenoxy) is 4. The van der Waals surface area contributed by atoms with Crippen molar-refractivity contribution in [1.82, 2.24) is 20.9 Å². The van der Waals surface area contributed by atoms with Crippen LogP contribution in [0.25, 0.3) is 0 Å². The fourth-order valence-electron chi connectivity index (χ4n) is 6.79. The zero-order valence-electron chi connectivity index (χ0n) is 29.1. The van der Waals surface area contributed by atoms with Crippen molar-refractivity contribution in [3.8, 4) is 23.0 Å². The number of rotatable bonds is 4. The van der Waals surface area contributed by atoms with Gasteiger partial charge in [-0.1, -0.05) is 6.07 Å². The van der Waals surface area contributed by atoms with Crippen molar-refractivity contribution in [2.75, 3.05) is 47.0 Å². The van der Waals surface area contributed by atoms with Gasteiger partial charge in [0.2, 0.25) is 5.91 Å². The number of halogens is 1. The molecule has 2 fully saturated rings. The molecule has 1 aromatic heterocycles. The molecule has 14 heteroatoms. The van der Waals surface area contributed by atoms with E-state index in [1.54, 1.807) is 43.2 Å². The van der Waals surface area contributed by atoms with Gasteiger partial charge in [0.15, 0.2) is 18.1 Å². The molecule has 274 valence electrons. The average Bonchev–Trinajstić information content (AvgIpc) is 3.12. The molecular formula is C37H45ClN4O9. The summed E-state index contributed by atoms with van der Waals surface area (Å²) in [5, 5.41) is 9.26. The lowest BCUT2D eigenvalue weighted by Crippen LogP contribution is -2.59. The molecule has 0 radical (unpaired) electrons. The minimum Gasteiger partial charge on any atom is -0.496 e. The van der Waals surface area contributed by atoms with Gasteiger partial charge in [0.1, 0.15) is 28.9 Å². The Balaban J connectivity index is 0.00000504. The van der Waals surface area contributed by atoms with Crippen LogP contribution < -0.4 is 40.5 Å². The molecule has 0 saturated carbocycles. The lowest BCUT2D eigenvalue weighted by Gasteiger charge is -2.39. The molecule has 3 amide bonds. The number of likely N-dealkylation sites (tertiary alicyclic amines) is 1. The van der Waals surface area contributed by atoms with Gasteiger partial charge in [0.05, 0.1) is 20.3 Å². The molecular weight excluding hydrogens is 680 g/mol. The molecule has 2 saturated heterocycles. The average molecular weight is 725 g/mol. The van der Waals surface area contributed by atoms with E-state index in [0.717, 1.165) is 37.1 Å². The number of fused-ring (bicyclic) bond motifs is 9. The molecule has 4 aliphatic rings. The Hall–Kier alpha value is -4.75. The Morgan fingerprint density at radius 3 is 2.45 bits per heavy atom. The highest BCUT2D eigenvalue weighted by Crippen LogP contribution is 2.31. The summed E-state index contributed by atoms with van der Waals surface area (Å²) in [6, 6.07) is 11.9. The van der Waals surface area contributed by atoms with Crippen LogP contribution in [0.5, 0.6) is 23.0 Å². The summed E-state index contributed by atoms with van der Waals surface area (Å²) in [7, 11) is 3.06. The lowest BCUT2D eigenvalue weighted by atomic mass is 9.93. The van der Waals surface area contributed by atoms with Gasteiger partial charge in [-0.15, -0.1) is 12.4 Å². The van der Waals surface area contributed by atoms with E-state index in [2.05, 4.69) is 16.0 Å². The Kier molecular flexibility index (Phi) is 12.5. The smallest absolute Gasteiger partial charge is 0.349 e. The zero-order valence-corrected chi connectivity index (χ0v) is 29.9. The van der Waals surface area contributed by atoms with Crippen LogP contribution in [0.1, 0.15) is 64.4 Å². The first-order valence-corrected chi connectivity index (χ1v) is 17.1. The number of nitrogens with zero attached hydrogens (tertiary/aromatic N) is 1. The lowest BCUT2D eigenvalue weighted by molar-refractivity contribution is -0.125. The van der Waals surface area contributed by atoms with Crippen LogP contribution in [-0.2, 0) is 22.6 Å². The molecule has 0 unspecified atom stereocenters. The fourth-order valence-corrected chi connectivity index (χ4v) is 6.79. The van der Waals surface area contributed by atoms with E-state index >= 15 is 0 Å². The largest absolute Gasteiger partial charge is 0.496 e. The third kappa shape index (κ3) is 8.95. The quantitative estimate of drug-likeness (QED) is 0.365. The monoisotopic (exact) mass is 724 g/mol. The van der Waals surface area contributed by atoms with Crippen LogP contribution in [0.4, 0.5) is 0 Å². The first kappa shape index (κ1) is 37.5. The summed E-state index contributed by atoms with van der Waals surface area (Å²) < 4.78 is 29.1. The Morgan fingerprint density at radius 1 is 0.922 bits per heavy atom. The van der Waals surface area contributed by atoms with E-state index in [1.165, 1.54) is 7.11 Å². The van der Waals surface area contributed by atoms with E-state index in [-0.39, 0.29) is 62.5 Å². The van der Waals surface area contributed by atoms with Crippen molar-refractivity contribution >= 4 is 30.1 Å². The zero-order chi connectivity index (χ0) is 35.2. The number of hydrogen-bond acceptors (Lipinski definition) is 10. The van der Waals surface area contributed by atoms with Gasteiger partial charge in [-0.3, -0.25) is 14.4 Å². The summed E-state index contributed by atoms with van der Waals surface area (Å²) >= 11 is 0. The first-order valence-electron chi connectivity index (χ1n) is 17.1. The van der Waals surface area contributed by atoms with E-state index in [4.69, 9.17) is 23.4 Å². The van der Waals surface area contributed by atoms with Crippen LogP contribution in [0.3, 0.4) is 0 Å².